The van der Waals surface area contributed by atoms with E-state index in [0.29, 0.717) is 0 Å². The van der Waals surface area contributed by atoms with E-state index in [-0.39, 0.29) is 34.8 Å². The average Bonchev–Trinajstić information content (AvgIpc) is 2.01. The number of para-hydroxylation sites is 3. The number of nitrogens with zero attached hydrogens (tertiary/aromatic N) is 2. The van der Waals surface area contributed by atoms with Gasteiger partial charge in [0.2, 0.25) is 0 Å². The fourth-order valence-corrected chi connectivity index (χ4v) is 15.9. The first kappa shape index (κ1) is 50.7. The molecule has 6 unspecified atom stereocenters. The lowest BCUT2D eigenvalue weighted by Crippen LogP contribution is -2.52. The highest BCUT2D eigenvalue weighted by Gasteiger charge is 2.46. The van der Waals surface area contributed by atoms with Gasteiger partial charge in [-0.3, -0.25) is 0 Å². The summed E-state index contributed by atoms with van der Waals surface area (Å²) in [6.07, 6.45) is 25.1. The highest BCUT2D eigenvalue weighted by atomic mass is 32.2. The third kappa shape index (κ3) is 8.68. The van der Waals surface area contributed by atoms with Crippen LogP contribution in [0.4, 0.5) is 22.7 Å². The van der Waals surface area contributed by atoms with E-state index < -0.39 is 0 Å². The van der Waals surface area contributed by atoms with E-state index in [1.165, 1.54) is 61.2 Å². The number of benzene rings is 10. The lowest BCUT2D eigenvalue weighted by molar-refractivity contribution is 0.173. The van der Waals surface area contributed by atoms with E-state index in [9.17, 15) is 0 Å². The first-order valence-electron chi connectivity index (χ1n) is 30.4. The third-order valence-corrected chi connectivity index (χ3v) is 19.7. The molecule has 0 spiro atoms. The molecule has 0 radical (unpaired) electrons. The summed E-state index contributed by atoms with van der Waals surface area (Å²) in [5, 5.41) is 4.60. The van der Waals surface area contributed by atoms with Crippen LogP contribution in [0.3, 0.4) is 0 Å². The number of allylic oxidation sites excluding steroid dienone is 6. The number of fused-ring (bicyclic) bond motifs is 14. The van der Waals surface area contributed by atoms with Crippen molar-refractivity contribution in [1.82, 2.24) is 0 Å². The summed E-state index contributed by atoms with van der Waals surface area (Å²) in [4.78, 5) is 5.10. The van der Waals surface area contributed by atoms with Crippen LogP contribution >= 0.6 is 11.8 Å². The minimum atomic E-state index is -0.134. The summed E-state index contributed by atoms with van der Waals surface area (Å²) in [7, 11) is 0. The van der Waals surface area contributed by atoms with Gasteiger partial charge in [-0.05, 0) is 136 Å². The maximum atomic E-state index is 7.36. The molecule has 0 N–H and O–H groups in total. The number of ether oxygens (including phenoxy) is 2. The molecule has 6 heteroatoms. The van der Waals surface area contributed by atoms with Crippen molar-refractivity contribution >= 4 is 72.8 Å². The molecule has 11 aromatic rings. The maximum Gasteiger partial charge on any atom is 0.164 e. The van der Waals surface area contributed by atoms with E-state index in [1.54, 1.807) is 0 Å². The number of furan rings is 1. The Hall–Kier alpha value is -9.75. The summed E-state index contributed by atoms with van der Waals surface area (Å²) < 4.78 is 21.5. The molecule has 3 aliphatic carbocycles. The summed E-state index contributed by atoms with van der Waals surface area (Å²) in [6, 6.07) is 81.7. The van der Waals surface area contributed by atoms with Crippen molar-refractivity contribution in [1.29, 1.82) is 0 Å². The second-order valence-electron chi connectivity index (χ2n) is 23.4. The van der Waals surface area contributed by atoms with Crippen LogP contribution in [-0.2, 0) is 0 Å². The number of hydrogen-bond acceptors (Lipinski definition) is 6. The van der Waals surface area contributed by atoms with Crippen LogP contribution in [0.25, 0.3) is 71.7 Å². The Morgan fingerprint density at radius 2 is 1.17 bits per heavy atom. The first-order chi connectivity index (χ1) is 42.6. The van der Waals surface area contributed by atoms with Crippen LogP contribution in [0, 0.1) is 0 Å². The molecular formula is C80H60N2O3S. The fraction of sp³-hybridized carbons (Fsp3) is 0.125. The van der Waals surface area contributed by atoms with Crippen LogP contribution in [0.2, 0.25) is 0 Å². The van der Waals surface area contributed by atoms with Gasteiger partial charge in [-0.2, -0.15) is 0 Å². The van der Waals surface area contributed by atoms with Crippen molar-refractivity contribution in [3.8, 4) is 44.9 Å². The molecule has 0 saturated heterocycles. The van der Waals surface area contributed by atoms with Gasteiger partial charge in [0.25, 0.3) is 0 Å². The van der Waals surface area contributed by atoms with E-state index in [2.05, 4.69) is 289 Å². The topological polar surface area (TPSA) is 38.1 Å². The lowest BCUT2D eigenvalue weighted by atomic mass is 9.82. The molecule has 1 aromatic heterocycles. The minimum Gasteiger partial charge on any atom is -0.486 e. The second kappa shape index (κ2) is 21.1. The number of hydrogen-bond donors (Lipinski definition) is 0. The highest BCUT2D eigenvalue weighted by Crippen LogP contribution is 2.56. The van der Waals surface area contributed by atoms with Gasteiger partial charge >= 0.3 is 0 Å². The fourth-order valence-electron chi connectivity index (χ4n) is 14.5. The van der Waals surface area contributed by atoms with Crippen molar-refractivity contribution in [2.24, 2.45) is 0 Å². The van der Waals surface area contributed by atoms with Gasteiger partial charge in [0.15, 0.2) is 11.0 Å². The quantitative estimate of drug-likeness (QED) is 0.127. The van der Waals surface area contributed by atoms with Gasteiger partial charge in [0.1, 0.15) is 23.2 Å². The maximum absolute atomic E-state index is 7.36. The molecule has 0 fully saturated rings. The van der Waals surface area contributed by atoms with Gasteiger partial charge < -0.3 is 23.7 Å². The van der Waals surface area contributed by atoms with E-state index in [0.717, 1.165) is 98.3 Å². The van der Waals surface area contributed by atoms with Gasteiger partial charge in [0, 0.05) is 56.0 Å². The molecule has 6 aliphatic rings. The van der Waals surface area contributed by atoms with Gasteiger partial charge in [0.05, 0.1) is 23.0 Å². The summed E-state index contributed by atoms with van der Waals surface area (Å²) in [6.45, 7) is 0. The molecule has 3 aliphatic heterocycles. The molecule has 17 rings (SSSR count). The SMILES string of the molecule is C1=CC(c2cccc3c2oc2c(N(c4cccc(-c5ccccc5)c4)c4ccc5c6c(ccc5c4)OC4C=CC5=CC(N(c7cccc(-c8ccccc8)c7)C7CC=CC8c9cccc(-c%10ccccc%10)c9OC87)CC=C5C6S4)cccc23)=CCC1. The van der Waals surface area contributed by atoms with Crippen LogP contribution in [0.5, 0.6) is 11.5 Å². The zero-order valence-corrected chi connectivity index (χ0v) is 48.2. The van der Waals surface area contributed by atoms with Crippen molar-refractivity contribution in [3.63, 3.8) is 0 Å². The van der Waals surface area contributed by atoms with Crippen LogP contribution < -0.4 is 19.3 Å². The van der Waals surface area contributed by atoms with E-state index >= 15 is 0 Å². The normalized spacial score (nSPS) is 20.6. The zero-order valence-electron chi connectivity index (χ0n) is 47.4. The Morgan fingerprint density at radius 1 is 0.477 bits per heavy atom. The number of anilines is 4. The van der Waals surface area contributed by atoms with E-state index in [1.807, 2.05) is 11.8 Å². The van der Waals surface area contributed by atoms with Gasteiger partial charge in [-0.15, -0.1) is 11.8 Å². The average molecular weight is 1130 g/mol. The van der Waals surface area contributed by atoms with Crippen molar-refractivity contribution in [2.75, 3.05) is 9.80 Å². The summed E-state index contributed by atoms with van der Waals surface area (Å²) in [5.74, 6) is 2.08. The molecular weight excluding hydrogens is 1070 g/mol. The standard InChI is InChI=1S/C80H60N2O3S/c1-5-19-51(20-6-1)55-27-13-29-59(47-55)81(71-37-17-35-69-67-33-15-31-64(76(67)84-78(69)71)53-23-9-3-10-24-53)61-41-43-63-57(49-61)39-45-73-75(63)80-66-44-42-62(50-58(66)40-46-74(83-73)86-80)82(60-30-14-28-56(48-60)52-21-7-2-8-22-52)72-38-18-36-70-68-34-16-32-65(77(68)85-79(70)72)54-25-11-4-12-26-54/h1-2,4-9,11-37,39-41,43-50,62,70,72,74,79-80H,3,10,38,42H2. The number of thioether (sulfide) groups is 1. The van der Waals surface area contributed by atoms with Crippen molar-refractivity contribution < 1.29 is 13.9 Å². The van der Waals surface area contributed by atoms with Crippen molar-refractivity contribution in [2.45, 2.75) is 60.5 Å². The molecule has 0 amide bonds. The molecule has 10 aromatic carbocycles. The molecule has 0 saturated carbocycles. The minimum absolute atomic E-state index is 0.0488. The molecule has 2 bridgehead atoms. The van der Waals surface area contributed by atoms with Crippen LogP contribution in [0.15, 0.2) is 295 Å². The first-order valence-corrected chi connectivity index (χ1v) is 31.3. The summed E-state index contributed by atoms with van der Waals surface area (Å²) in [5.41, 5.74) is 20.4. The van der Waals surface area contributed by atoms with Crippen molar-refractivity contribution in [3.05, 3.63) is 307 Å². The van der Waals surface area contributed by atoms with Crippen LogP contribution in [0.1, 0.15) is 53.5 Å². The highest BCUT2D eigenvalue weighted by molar-refractivity contribution is 8.00. The smallest absolute Gasteiger partial charge is 0.164 e. The van der Waals surface area contributed by atoms with Crippen LogP contribution in [-0.4, -0.2) is 23.6 Å². The predicted molar refractivity (Wildman–Crippen MR) is 357 cm³/mol. The number of rotatable bonds is 10. The lowest BCUT2D eigenvalue weighted by Gasteiger charge is -2.44. The molecule has 4 heterocycles. The Morgan fingerprint density at radius 3 is 1.97 bits per heavy atom. The Kier molecular flexibility index (Phi) is 12.4. The Balaban J connectivity index is 0.759. The molecule has 86 heavy (non-hydrogen) atoms. The third-order valence-electron chi connectivity index (χ3n) is 18.5. The Bertz CT molecular complexity index is 4690. The second-order valence-corrected chi connectivity index (χ2v) is 24.6. The Labute approximate surface area is 505 Å². The molecule has 6 atom stereocenters. The molecule has 5 nitrogen and oxygen atoms in total. The summed E-state index contributed by atoms with van der Waals surface area (Å²) >= 11 is 1.90. The van der Waals surface area contributed by atoms with Gasteiger partial charge in [-0.1, -0.05) is 225 Å². The predicted octanol–water partition coefficient (Wildman–Crippen LogP) is 21.0. The largest absolute Gasteiger partial charge is 0.486 e. The molecule has 414 valence electrons. The monoisotopic (exact) mass is 1130 g/mol. The zero-order chi connectivity index (χ0) is 56.7. The van der Waals surface area contributed by atoms with E-state index in [4.69, 9.17) is 13.9 Å². The van der Waals surface area contributed by atoms with Gasteiger partial charge in [-0.25, -0.2) is 0 Å².